The van der Waals surface area contributed by atoms with Crippen molar-refractivity contribution in [3.8, 4) is 27.3 Å². The molecule has 2 aromatic carbocycles. The van der Waals surface area contributed by atoms with E-state index in [1.54, 1.807) is 41.7 Å². The van der Waals surface area contributed by atoms with Gasteiger partial charge in [0, 0.05) is 51.8 Å². The Kier molecular flexibility index (Phi) is 10.2. The van der Waals surface area contributed by atoms with E-state index in [9.17, 15) is 19.5 Å². The second-order valence-electron chi connectivity index (χ2n) is 12.4. The SMILES string of the molecule is CC(C)CC(CC(C)C)NC(=O)c1ccc(-c2cc3c(cc2C(=O)Nc2ccc(CN)cc2)-c2sccc2CCO3)c(C(=O)O)n1. The van der Waals surface area contributed by atoms with Gasteiger partial charge < -0.3 is 26.2 Å². The summed E-state index contributed by atoms with van der Waals surface area (Å²) in [5.74, 6) is -0.886. The van der Waals surface area contributed by atoms with Crippen molar-refractivity contribution in [1.29, 1.82) is 0 Å². The molecular formula is C36H40N4O5S. The molecule has 0 bridgehead atoms. The van der Waals surface area contributed by atoms with Crippen molar-refractivity contribution in [3.05, 3.63) is 88.1 Å². The Morgan fingerprint density at radius 1 is 0.935 bits per heavy atom. The maximum Gasteiger partial charge on any atom is 0.355 e. The number of carbonyl (C=O) groups is 3. The summed E-state index contributed by atoms with van der Waals surface area (Å²) in [6.45, 7) is 9.21. The fourth-order valence-electron chi connectivity index (χ4n) is 5.83. The molecule has 3 heterocycles. The number of nitrogens with zero attached hydrogens (tertiary/aromatic N) is 1. The van der Waals surface area contributed by atoms with Gasteiger partial charge in [-0.1, -0.05) is 39.8 Å². The molecule has 0 radical (unpaired) electrons. The third kappa shape index (κ3) is 7.46. The number of hydrogen-bond acceptors (Lipinski definition) is 7. The predicted molar refractivity (Wildman–Crippen MR) is 182 cm³/mol. The van der Waals surface area contributed by atoms with Crippen LogP contribution in [0, 0.1) is 11.8 Å². The highest BCUT2D eigenvalue weighted by atomic mass is 32.1. The predicted octanol–water partition coefficient (Wildman–Crippen LogP) is 7.01. The van der Waals surface area contributed by atoms with Crippen LogP contribution in [0.1, 0.15) is 83.0 Å². The number of hydrogen-bond donors (Lipinski definition) is 4. The fourth-order valence-corrected chi connectivity index (χ4v) is 6.80. The van der Waals surface area contributed by atoms with Crippen molar-refractivity contribution in [2.75, 3.05) is 11.9 Å². The summed E-state index contributed by atoms with van der Waals surface area (Å²) in [5, 5.41) is 18.3. The zero-order valence-electron chi connectivity index (χ0n) is 26.6. The molecule has 1 aliphatic rings. The third-order valence-corrected chi connectivity index (χ3v) is 8.89. The molecule has 9 nitrogen and oxygen atoms in total. The van der Waals surface area contributed by atoms with Gasteiger partial charge in [-0.25, -0.2) is 9.78 Å². The Balaban J connectivity index is 1.58. The molecule has 10 heteroatoms. The van der Waals surface area contributed by atoms with Gasteiger partial charge in [0.2, 0.25) is 0 Å². The van der Waals surface area contributed by atoms with E-state index in [0.717, 1.165) is 34.4 Å². The fraction of sp³-hybridized carbons (Fsp3) is 0.333. The van der Waals surface area contributed by atoms with Gasteiger partial charge in [0.15, 0.2) is 5.69 Å². The van der Waals surface area contributed by atoms with E-state index in [4.69, 9.17) is 10.5 Å². The maximum atomic E-state index is 13.9. The van der Waals surface area contributed by atoms with Gasteiger partial charge in [0.1, 0.15) is 11.4 Å². The summed E-state index contributed by atoms with van der Waals surface area (Å²) in [7, 11) is 0. The Labute approximate surface area is 273 Å². The first-order chi connectivity index (χ1) is 22.0. The second-order valence-corrected chi connectivity index (χ2v) is 13.4. The molecule has 2 amide bonds. The lowest BCUT2D eigenvalue weighted by molar-refractivity contribution is 0.0691. The number of fused-ring (bicyclic) bond motifs is 3. The molecule has 1 aliphatic heterocycles. The zero-order valence-corrected chi connectivity index (χ0v) is 27.4. The highest BCUT2D eigenvalue weighted by Crippen LogP contribution is 2.43. The standard InChI is InChI=1S/C36H40N4O5S/c1-20(2)15-25(16-21(3)4)39-35(42)30-10-9-26(32(40-30)36(43)44)27-18-31-29(33-23(11-13-45-31)12-14-46-33)17-28(27)34(41)38-24-7-5-22(19-37)6-8-24/h5-10,12,14,17-18,20-21,25H,11,13,15-16,19,37H2,1-4H3,(H,38,41)(H,39,42)(H,43,44). The Morgan fingerprint density at radius 2 is 1.65 bits per heavy atom. The minimum atomic E-state index is -1.31. The molecule has 0 fully saturated rings. The van der Waals surface area contributed by atoms with E-state index >= 15 is 0 Å². The summed E-state index contributed by atoms with van der Waals surface area (Å²) in [6, 6.07) is 15.7. The van der Waals surface area contributed by atoms with Crippen molar-refractivity contribution in [1.82, 2.24) is 10.3 Å². The van der Waals surface area contributed by atoms with E-state index in [1.165, 1.54) is 6.07 Å². The smallest absolute Gasteiger partial charge is 0.355 e. The zero-order chi connectivity index (χ0) is 33.0. The van der Waals surface area contributed by atoms with Gasteiger partial charge in [0.05, 0.1) is 6.61 Å². The lowest BCUT2D eigenvalue weighted by Gasteiger charge is -2.22. The van der Waals surface area contributed by atoms with Crippen LogP contribution in [0.5, 0.6) is 5.75 Å². The average molecular weight is 641 g/mol. The van der Waals surface area contributed by atoms with Crippen molar-refractivity contribution in [2.45, 2.75) is 59.5 Å². The number of anilines is 1. The number of rotatable bonds is 11. The van der Waals surface area contributed by atoms with Crippen molar-refractivity contribution >= 4 is 34.8 Å². The van der Waals surface area contributed by atoms with Crippen molar-refractivity contribution in [2.24, 2.45) is 17.6 Å². The van der Waals surface area contributed by atoms with E-state index in [-0.39, 0.29) is 28.6 Å². The third-order valence-electron chi connectivity index (χ3n) is 7.90. The minimum Gasteiger partial charge on any atom is -0.493 e. The summed E-state index contributed by atoms with van der Waals surface area (Å²) in [6.07, 6.45) is 2.29. The molecule has 0 aliphatic carbocycles. The molecule has 5 rings (SSSR count). The molecule has 4 aromatic rings. The molecule has 5 N–H and O–H groups in total. The van der Waals surface area contributed by atoms with Crippen LogP contribution in [0.25, 0.3) is 21.6 Å². The van der Waals surface area contributed by atoms with Gasteiger partial charge in [-0.2, -0.15) is 0 Å². The number of pyridine rings is 1. The number of carboxylic acid groups (broad SMARTS) is 1. The first-order valence-electron chi connectivity index (χ1n) is 15.6. The summed E-state index contributed by atoms with van der Waals surface area (Å²) >= 11 is 1.56. The number of carboxylic acids is 1. The summed E-state index contributed by atoms with van der Waals surface area (Å²) in [5.41, 5.74) is 9.57. The molecule has 2 aromatic heterocycles. The first kappa shape index (κ1) is 32.8. The van der Waals surface area contributed by atoms with E-state index < -0.39 is 17.8 Å². The lowest BCUT2D eigenvalue weighted by Crippen LogP contribution is -2.37. The van der Waals surface area contributed by atoms with Crippen LogP contribution in [-0.4, -0.2) is 40.5 Å². The summed E-state index contributed by atoms with van der Waals surface area (Å²) in [4.78, 5) is 45.2. The molecule has 0 atom stereocenters. The number of amides is 2. The van der Waals surface area contributed by atoms with Gasteiger partial charge in [-0.3, -0.25) is 9.59 Å². The van der Waals surface area contributed by atoms with Gasteiger partial charge in [-0.15, -0.1) is 11.3 Å². The van der Waals surface area contributed by atoms with E-state index in [2.05, 4.69) is 43.3 Å². The molecule has 0 spiro atoms. The van der Waals surface area contributed by atoms with Crippen LogP contribution in [-0.2, 0) is 13.0 Å². The van der Waals surface area contributed by atoms with Crippen LogP contribution < -0.4 is 21.1 Å². The first-order valence-corrected chi connectivity index (χ1v) is 16.5. The maximum absolute atomic E-state index is 13.9. The number of nitrogens with two attached hydrogens (primary N) is 1. The number of ether oxygens (including phenoxy) is 1. The van der Waals surface area contributed by atoms with E-state index in [0.29, 0.717) is 48.4 Å². The van der Waals surface area contributed by atoms with Crippen LogP contribution in [0.2, 0.25) is 0 Å². The molecule has 0 unspecified atom stereocenters. The number of aromatic nitrogens is 1. The number of thiophene rings is 1. The average Bonchev–Trinajstić information content (AvgIpc) is 3.41. The number of nitrogens with one attached hydrogen (secondary N) is 2. The normalized spacial score (nSPS) is 12.3. The quantitative estimate of drug-likeness (QED) is 0.138. The van der Waals surface area contributed by atoms with Gasteiger partial charge in [0.25, 0.3) is 11.8 Å². The van der Waals surface area contributed by atoms with Crippen LogP contribution >= 0.6 is 11.3 Å². The minimum absolute atomic E-state index is 0.00102. The molecule has 240 valence electrons. The monoisotopic (exact) mass is 640 g/mol. The molecule has 0 saturated heterocycles. The van der Waals surface area contributed by atoms with Crippen molar-refractivity contribution < 1.29 is 24.2 Å². The number of benzene rings is 2. The largest absolute Gasteiger partial charge is 0.493 e. The Bertz CT molecular complexity index is 1740. The topological polar surface area (TPSA) is 144 Å². The molecular weight excluding hydrogens is 600 g/mol. The van der Waals surface area contributed by atoms with Crippen LogP contribution in [0.15, 0.2) is 60.0 Å². The van der Waals surface area contributed by atoms with Crippen molar-refractivity contribution in [3.63, 3.8) is 0 Å². The number of aromatic carboxylic acids is 1. The number of carbonyl (C=O) groups excluding carboxylic acids is 2. The highest BCUT2D eigenvalue weighted by molar-refractivity contribution is 7.13. The summed E-state index contributed by atoms with van der Waals surface area (Å²) < 4.78 is 6.13. The van der Waals surface area contributed by atoms with Crippen LogP contribution in [0.4, 0.5) is 5.69 Å². The molecule has 0 saturated carbocycles. The van der Waals surface area contributed by atoms with Crippen LogP contribution in [0.3, 0.4) is 0 Å². The Morgan fingerprint density at radius 3 is 2.30 bits per heavy atom. The second kappa shape index (κ2) is 14.3. The molecule has 46 heavy (non-hydrogen) atoms. The van der Waals surface area contributed by atoms with Gasteiger partial charge in [-0.05, 0) is 83.6 Å². The highest BCUT2D eigenvalue weighted by Gasteiger charge is 2.27. The van der Waals surface area contributed by atoms with E-state index in [1.807, 2.05) is 23.6 Å². The lowest BCUT2D eigenvalue weighted by atomic mass is 9.93. The van der Waals surface area contributed by atoms with Gasteiger partial charge >= 0.3 is 5.97 Å². The Hall–Kier alpha value is -4.54.